The fourth-order valence-electron chi connectivity index (χ4n) is 1.54. The van der Waals surface area contributed by atoms with Crippen LogP contribution >= 0.6 is 7.37 Å². The molecule has 0 aromatic heterocycles. The van der Waals surface area contributed by atoms with Gasteiger partial charge in [-0.05, 0) is 27.7 Å². The first kappa shape index (κ1) is 16.1. The van der Waals surface area contributed by atoms with Crippen molar-refractivity contribution in [2.75, 3.05) is 32.6 Å². The van der Waals surface area contributed by atoms with Crippen LogP contribution in [0.25, 0.3) is 0 Å². The van der Waals surface area contributed by atoms with Crippen LogP contribution in [-0.4, -0.2) is 38.4 Å². The standard InChI is InChI=1S/C11H25O4P/c1-6-13-11(4,14-7-2)9-10-16(5,12)15-8-3/h6-10H2,1-5H3. The van der Waals surface area contributed by atoms with Gasteiger partial charge in [0.1, 0.15) is 0 Å². The Balaban J connectivity index is 4.25. The van der Waals surface area contributed by atoms with Gasteiger partial charge in [0.15, 0.2) is 13.2 Å². The summed E-state index contributed by atoms with van der Waals surface area (Å²) in [7, 11) is -2.50. The zero-order chi connectivity index (χ0) is 12.7. The van der Waals surface area contributed by atoms with Crippen molar-refractivity contribution in [3.8, 4) is 0 Å². The third-order valence-corrected chi connectivity index (χ3v) is 4.11. The molecule has 0 fully saturated rings. The molecule has 4 nitrogen and oxygen atoms in total. The normalized spacial score (nSPS) is 16.1. The van der Waals surface area contributed by atoms with E-state index in [1.165, 1.54) is 0 Å². The van der Waals surface area contributed by atoms with Gasteiger partial charge in [0.05, 0.1) is 6.61 Å². The minimum Gasteiger partial charge on any atom is -0.351 e. The Kier molecular flexibility index (Phi) is 7.49. The lowest BCUT2D eigenvalue weighted by Crippen LogP contribution is -2.33. The minimum absolute atomic E-state index is 0.480. The molecule has 0 saturated heterocycles. The summed E-state index contributed by atoms with van der Waals surface area (Å²) in [6.45, 7) is 10.9. The van der Waals surface area contributed by atoms with Crippen molar-refractivity contribution >= 4 is 7.37 Å². The smallest absolute Gasteiger partial charge is 0.200 e. The second-order valence-electron chi connectivity index (χ2n) is 3.91. The molecule has 5 heteroatoms. The molecule has 0 radical (unpaired) electrons. The van der Waals surface area contributed by atoms with Crippen molar-refractivity contribution in [3.05, 3.63) is 0 Å². The molecule has 0 rings (SSSR count). The zero-order valence-corrected chi connectivity index (χ0v) is 12.0. The lowest BCUT2D eigenvalue weighted by molar-refractivity contribution is -0.221. The molecule has 1 atom stereocenters. The SMILES string of the molecule is CCOC(C)(CCP(C)(=O)OCC)OCC. The van der Waals surface area contributed by atoms with Gasteiger partial charge >= 0.3 is 0 Å². The van der Waals surface area contributed by atoms with Gasteiger partial charge in [-0.25, -0.2) is 0 Å². The first-order chi connectivity index (χ1) is 7.39. The third kappa shape index (κ3) is 6.64. The van der Waals surface area contributed by atoms with Crippen molar-refractivity contribution in [2.24, 2.45) is 0 Å². The fourth-order valence-corrected chi connectivity index (χ4v) is 3.03. The Morgan fingerprint density at radius 1 is 1.06 bits per heavy atom. The molecule has 0 saturated carbocycles. The second-order valence-corrected chi connectivity index (χ2v) is 6.64. The van der Waals surface area contributed by atoms with Gasteiger partial charge in [-0.3, -0.25) is 4.57 Å². The molecule has 0 heterocycles. The Morgan fingerprint density at radius 2 is 1.56 bits per heavy atom. The fraction of sp³-hybridized carbons (Fsp3) is 1.00. The van der Waals surface area contributed by atoms with Crippen LogP contribution in [0.3, 0.4) is 0 Å². The van der Waals surface area contributed by atoms with Crippen LogP contribution in [0.15, 0.2) is 0 Å². The number of ether oxygens (including phenoxy) is 2. The highest BCUT2D eigenvalue weighted by molar-refractivity contribution is 7.58. The van der Waals surface area contributed by atoms with Crippen LogP contribution in [0.4, 0.5) is 0 Å². The highest BCUT2D eigenvalue weighted by Gasteiger charge is 2.28. The minimum atomic E-state index is -2.50. The summed E-state index contributed by atoms with van der Waals surface area (Å²) in [5.74, 6) is -0.647. The first-order valence-corrected chi connectivity index (χ1v) is 8.13. The van der Waals surface area contributed by atoms with Gasteiger partial charge in [0, 0.05) is 32.5 Å². The Labute approximate surface area is 99.1 Å². The number of hydrogen-bond acceptors (Lipinski definition) is 4. The summed E-state index contributed by atoms with van der Waals surface area (Å²) < 4.78 is 28.3. The molecule has 98 valence electrons. The van der Waals surface area contributed by atoms with Gasteiger partial charge in [-0.2, -0.15) is 0 Å². The summed E-state index contributed by atoms with van der Waals surface area (Å²) in [6.07, 6.45) is 1.07. The van der Waals surface area contributed by atoms with Gasteiger partial charge < -0.3 is 14.0 Å². The van der Waals surface area contributed by atoms with E-state index >= 15 is 0 Å². The summed E-state index contributed by atoms with van der Waals surface area (Å²) in [6, 6.07) is 0. The van der Waals surface area contributed by atoms with Crippen molar-refractivity contribution in [3.63, 3.8) is 0 Å². The molecule has 0 aliphatic carbocycles. The predicted molar refractivity (Wildman–Crippen MR) is 66.3 cm³/mol. The van der Waals surface area contributed by atoms with E-state index in [4.69, 9.17) is 14.0 Å². The monoisotopic (exact) mass is 252 g/mol. The molecule has 0 spiro atoms. The lowest BCUT2D eigenvalue weighted by Gasteiger charge is -2.30. The molecule has 0 aliphatic rings. The highest BCUT2D eigenvalue weighted by Crippen LogP contribution is 2.44. The maximum atomic E-state index is 11.9. The van der Waals surface area contributed by atoms with E-state index in [0.29, 0.717) is 32.4 Å². The van der Waals surface area contributed by atoms with Crippen LogP contribution < -0.4 is 0 Å². The van der Waals surface area contributed by atoms with Gasteiger partial charge in [0.25, 0.3) is 0 Å². The molecule has 0 N–H and O–H groups in total. The summed E-state index contributed by atoms with van der Waals surface area (Å²) in [5, 5.41) is 0. The number of rotatable bonds is 9. The van der Waals surface area contributed by atoms with Crippen LogP contribution in [0.2, 0.25) is 0 Å². The topological polar surface area (TPSA) is 44.8 Å². The average Bonchev–Trinajstić information content (AvgIpc) is 2.16. The van der Waals surface area contributed by atoms with E-state index in [9.17, 15) is 4.57 Å². The van der Waals surface area contributed by atoms with Crippen LogP contribution in [-0.2, 0) is 18.6 Å². The van der Waals surface area contributed by atoms with Crippen LogP contribution in [0.1, 0.15) is 34.1 Å². The first-order valence-electron chi connectivity index (χ1n) is 5.88. The van der Waals surface area contributed by atoms with Gasteiger partial charge in [0.2, 0.25) is 0 Å². The van der Waals surface area contributed by atoms with E-state index in [1.54, 1.807) is 6.66 Å². The summed E-state index contributed by atoms with van der Waals surface area (Å²) >= 11 is 0. The van der Waals surface area contributed by atoms with Crippen molar-refractivity contribution in [2.45, 2.75) is 39.9 Å². The Morgan fingerprint density at radius 3 is 1.94 bits per heavy atom. The Hall–Kier alpha value is 0.110. The lowest BCUT2D eigenvalue weighted by atomic mass is 10.2. The van der Waals surface area contributed by atoms with E-state index in [-0.39, 0.29) is 0 Å². The molecular formula is C11H25O4P. The maximum absolute atomic E-state index is 11.9. The number of hydrogen-bond donors (Lipinski definition) is 0. The quantitative estimate of drug-likeness (QED) is 0.467. The highest BCUT2D eigenvalue weighted by atomic mass is 31.2. The van der Waals surface area contributed by atoms with Crippen molar-refractivity contribution in [1.29, 1.82) is 0 Å². The third-order valence-electron chi connectivity index (χ3n) is 2.27. The van der Waals surface area contributed by atoms with Crippen LogP contribution in [0.5, 0.6) is 0 Å². The van der Waals surface area contributed by atoms with E-state index in [1.807, 2.05) is 27.7 Å². The zero-order valence-electron chi connectivity index (χ0n) is 11.1. The molecular weight excluding hydrogens is 227 g/mol. The van der Waals surface area contributed by atoms with Gasteiger partial charge in [-0.1, -0.05) is 0 Å². The van der Waals surface area contributed by atoms with Crippen molar-refractivity contribution < 1.29 is 18.6 Å². The van der Waals surface area contributed by atoms with Crippen LogP contribution in [0, 0.1) is 0 Å². The molecule has 16 heavy (non-hydrogen) atoms. The summed E-state index contributed by atoms with van der Waals surface area (Å²) in [4.78, 5) is 0. The molecule has 1 unspecified atom stereocenters. The Bertz CT molecular complexity index is 224. The average molecular weight is 252 g/mol. The van der Waals surface area contributed by atoms with E-state index < -0.39 is 13.2 Å². The van der Waals surface area contributed by atoms with Gasteiger partial charge in [-0.15, -0.1) is 0 Å². The van der Waals surface area contributed by atoms with Crippen molar-refractivity contribution in [1.82, 2.24) is 0 Å². The molecule has 0 aliphatic heterocycles. The van der Waals surface area contributed by atoms with E-state index in [2.05, 4.69) is 0 Å². The summed E-state index contributed by atoms with van der Waals surface area (Å²) in [5.41, 5.74) is 0. The molecule has 0 aromatic rings. The molecule has 0 bridgehead atoms. The second kappa shape index (κ2) is 7.44. The largest absolute Gasteiger partial charge is 0.351 e. The predicted octanol–water partition coefficient (Wildman–Crippen LogP) is 3.11. The molecule has 0 aromatic carbocycles. The van der Waals surface area contributed by atoms with E-state index in [0.717, 1.165) is 0 Å². The maximum Gasteiger partial charge on any atom is 0.200 e. The molecule has 0 amide bonds.